The Morgan fingerprint density at radius 2 is 1.75 bits per heavy atom. The van der Waals surface area contributed by atoms with E-state index in [9.17, 15) is 12.8 Å². The van der Waals surface area contributed by atoms with Gasteiger partial charge in [-0.1, -0.05) is 18.2 Å². The minimum atomic E-state index is -3.25. The molecule has 2 aliphatic rings. The third-order valence-corrected chi connectivity index (χ3v) is 8.01. The van der Waals surface area contributed by atoms with E-state index in [1.807, 2.05) is 12.1 Å². The maximum Gasteiger partial charge on any atom is 0.191 e. The Bertz CT molecular complexity index is 806. The molecule has 0 bridgehead atoms. The number of guanidine groups is 1. The van der Waals surface area contributed by atoms with Crippen molar-refractivity contribution < 1.29 is 17.5 Å². The SMILES string of the molecule is CN=C(NCC1(c2ccccc2F)CC1)NCC1(S(C)(=O)=O)CCOCC1.I. The number of ether oxygens (including phenoxy) is 1. The number of nitrogens with one attached hydrogen (secondary N) is 2. The number of benzene rings is 1. The van der Waals surface area contributed by atoms with Crippen LogP contribution in [0.4, 0.5) is 4.39 Å². The summed E-state index contributed by atoms with van der Waals surface area (Å²) in [6, 6.07) is 6.87. The van der Waals surface area contributed by atoms with Crippen LogP contribution in [-0.4, -0.2) is 58.7 Å². The molecule has 1 heterocycles. The maximum absolute atomic E-state index is 14.2. The van der Waals surface area contributed by atoms with Crippen LogP contribution in [0.2, 0.25) is 0 Å². The summed E-state index contributed by atoms with van der Waals surface area (Å²) in [6.45, 7) is 1.72. The molecule has 1 aliphatic heterocycles. The van der Waals surface area contributed by atoms with Crippen LogP contribution in [0.25, 0.3) is 0 Å². The Morgan fingerprint density at radius 3 is 2.29 bits per heavy atom. The molecule has 0 unspecified atom stereocenters. The Morgan fingerprint density at radius 1 is 1.14 bits per heavy atom. The molecule has 1 aromatic carbocycles. The van der Waals surface area contributed by atoms with Gasteiger partial charge in [0.15, 0.2) is 15.8 Å². The summed E-state index contributed by atoms with van der Waals surface area (Å²) in [6.07, 6.45) is 4.06. The zero-order chi connectivity index (χ0) is 19.5. The van der Waals surface area contributed by atoms with Gasteiger partial charge in [-0.2, -0.15) is 0 Å². The number of halogens is 2. The standard InChI is InChI=1S/C19H28FN3O3S.HI/c1-21-17(23-14-19(27(2,24)25)9-11-26-12-10-19)22-13-18(7-8-18)15-5-3-4-6-16(15)20;/h3-6H,7-14H2,1-2H3,(H2,21,22,23);1H. The molecular formula is C19H29FIN3O3S. The fraction of sp³-hybridized carbons (Fsp3) is 0.632. The maximum atomic E-state index is 14.2. The lowest BCUT2D eigenvalue weighted by atomic mass is 9.95. The van der Waals surface area contributed by atoms with Gasteiger partial charge >= 0.3 is 0 Å². The normalized spacial score (nSPS) is 20.8. The van der Waals surface area contributed by atoms with Crippen LogP contribution in [0.5, 0.6) is 0 Å². The van der Waals surface area contributed by atoms with Gasteiger partial charge in [-0.05, 0) is 37.3 Å². The van der Waals surface area contributed by atoms with Crippen LogP contribution in [0.15, 0.2) is 29.3 Å². The topological polar surface area (TPSA) is 79.8 Å². The fourth-order valence-corrected chi connectivity index (χ4v) is 4.97. The second kappa shape index (κ2) is 9.25. The molecule has 1 saturated heterocycles. The summed E-state index contributed by atoms with van der Waals surface area (Å²) in [5, 5.41) is 6.42. The smallest absolute Gasteiger partial charge is 0.191 e. The molecule has 9 heteroatoms. The first-order chi connectivity index (χ1) is 12.8. The predicted octanol–water partition coefficient (Wildman–Crippen LogP) is 2.23. The molecule has 28 heavy (non-hydrogen) atoms. The summed E-state index contributed by atoms with van der Waals surface area (Å²) < 4.78 is 43.4. The number of hydrogen-bond donors (Lipinski definition) is 2. The van der Waals surface area contributed by atoms with Crippen LogP contribution >= 0.6 is 24.0 Å². The molecule has 1 aliphatic carbocycles. The van der Waals surface area contributed by atoms with Crippen molar-refractivity contribution in [1.82, 2.24) is 10.6 Å². The van der Waals surface area contributed by atoms with Crippen molar-refractivity contribution in [2.24, 2.45) is 4.99 Å². The highest BCUT2D eigenvalue weighted by molar-refractivity contribution is 14.0. The third kappa shape index (κ3) is 4.96. The second-order valence-electron chi connectivity index (χ2n) is 7.61. The number of aliphatic imine (C=N–C) groups is 1. The van der Waals surface area contributed by atoms with Crippen molar-refractivity contribution >= 4 is 39.8 Å². The van der Waals surface area contributed by atoms with Crippen molar-refractivity contribution in [2.45, 2.75) is 35.8 Å². The van der Waals surface area contributed by atoms with Crippen LogP contribution in [0.3, 0.4) is 0 Å². The number of nitrogens with zero attached hydrogens (tertiary/aromatic N) is 1. The Balaban J connectivity index is 0.00000280. The van der Waals surface area contributed by atoms with Gasteiger partial charge in [-0.25, -0.2) is 12.8 Å². The molecule has 2 fully saturated rings. The van der Waals surface area contributed by atoms with Gasteiger partial charge in [0.25, 0.3) is 0 Å². The van der Waals surface area contributed by atoms with E-state index in [0.717, 1.165) is 18.4 Å². The third-order valence-electron chi connectivity index (χ3n) is 5.89. The van der Waals surface area contributed by atoms with Gasteiger partial charge in [-0.3, -0.25) is 4.99 Å². The monoisotopic (exact) mass is 525 g/mol. The fourth-order valence-electron chi connectivity index (χ4n) is 3.72. The first-order valence-electron chi connectivity index (χ1n) is 9.29. The van der Waals surface area contributed by atoms with Crippen molar-refractivity contribution in [1.29, 1.82) is 0 Å². The first kappa shape index (κ1) is 23.3. The first-order valence-corrected chi connectivity index (χ1v) is 11.2. The van der Waals surface area contributed by atoms with Crippen molar-refractivity contribution in [3.8, 4) is 0 Å². The van der Waals surface area contributed by atoms with E-state index < -0.39 is 14.6 Å². The summed E-state index contributed by atoms with van der Waals surface area (Å²) in [7, 11) is -1.60. The molecule has 0 radical (unpaired) electrons. The Kier molecular flexibility index (Phi) is 7.71. The highest BCUT2D eigenvalue weighted by Gasteiger charge is 2.46. The van der Waals surface area contributed by atoms with Crippen LogP contribution < -0.4 is 10.6 Å². The predicted molar refractivity (Wildman–Crippen MR) is 120 cm³/mol. The number of sulfone groups is 1. The summed E-state index contributed by atoms with van der Waals surface area (Å²) in [4.78, 5) is 4.21. The second-order valence-corrected chi connectivity index (χ2v) is 10.0. The van der Waals surface area contributed by atoms with E-state index >= 15 is 0 Å². The average molecular weight is 525 g/mol. The summed E-state index contributed by atoms with van der Waals surface area (Å²) in [5.41, 5.74) is 0.515. The van der Waals surface area contributed by atoms with Gasteiger partial charge in [0, 0.05) is 45.0 Å². The summed E-state index contributed by atoms with van der Waals surface area (Å²) >= 11 is 0. The van der Waals surface area contributed by atoms with Gasteiger partial charge in [0.1, 0.15) is 5.82 Å². The zero-order valence-electron chi connectivity index (χ0n) is 16.3. The highest BCUT2D eigenvalue weighted by Crippen LogP contribution is 2.48. The Labute approximate surface area is 183 Å². The lowest BCUT2D eigenvalue weighted by Gasteiger charge is -2.36. The van der Waals surface area contributed by atoms with Crippen molar-refractivity contribution in [3.05, 3.63) is 35.6 Å². The van der Waals surface area contributed by atoms with Gasteiger partial charge in [0.2, 0.25) is 0 Å². The molecule has 0 atom stereocenters. The lowest BCUT2D eigenvalue weighted by molar-refractivity contribution is 0.0756. The van der Waals surface area contributed by atoms with E-state index in [4.69, 9.17) is 4.74 Å². The molecule has 2 N–H and O–H groups in total. The molecule has 0 amide bonds. The molecule has 158 valence electrons. The molecule has 0 aromatic heterocycles. The highest BCUT2D eigenvalue weighted by atomic mass is 127. The molecular weight excluding hydrogens is 496 g/mol. The molecule has 0 spiro atoms. The van der Waals surface area contributed by atoms with Crippen LogP contribution in [0, 0.1) is 5.82 Å². The van der Waals surface area contributed by atoms with Crippen molar-refractivity contribution in [2.75, 3.05) is 39.6 Å². The van der Waals surface area contributed by atoms with E-state index in [0.29, 0.717) is 38.6 Å². The largest absolute Gasteiger partial charge is 0.381 e. The van der Waals surface area contributed by atoms with E-state index in [1.165, 1.54) is 12.3 Å². The van der Waals surface area contributed by atoms with Gasteiger partial charge < -0.3 is 15.4 Å². The average Bonchev–Trinajstić information content (AvgIpc) is 3.43. The summed E-state index contributed by atoms with van der Waals surface area (Å²) in [5.74, 6) is 0.352. The Hall–Kier alpha value is -0.940. The van der Waals surface area contributed by atoms with E-state index in [1.54, 1.807) is 13.1 Å². The molecule has 6 nitrogen and oxygen atoms in total. The van der Waals surface area contributed by atoms with Crippen molar-refractivity contribution in [3.63, 3.8) is 0 Å². The number of hydrogen-bond acceptors (Lipinski definition) is 4. The van der Waals surface area contributed by atoms with Crippen LogP contribution in [0.1, 0.15) is 31.2 Å². The van der Waals surface area contributed by atoms with Gasteiger partial charge in [-0.15, -0.1) is 24.0 Å². The van der Waals surface area contributed by atoms with Gasteiger partial charge in [0.05, 0.1) is 4.75 Å². The zero-order valence-corrected chi connectivity index (χ0v) is 19.5. The quantitative estimate of drug-likeness (QED) is 0.339. The number of rotatable bonds is 6. The lowest BCUT2D eigenvalue weighted by Crippen LogP contribution is -2.54. The van der Waals surface area contributed by atoms with E-state index in [-0.39, 0.29) is 41.8 Å². The molecule has 1 aromatic rings. The molecule has 1 saturated carbocycles. The minimum absolute atomic E-state index is 0. The van der Waals surface area contributed by atoms with Crippen LogP contribution in [-0.2, 0) is 20.0 Å². The minimum Gasteiger partial charge on any atom is -0.381 e. The van der Waals surface area contributed by atoms with E-state index in [2.05, 4.69) is 15.6 Å². The molecule has 3 rings (SSSR count).